The van der Waals surface area contributed by atoms with Crippen molar-refractivity contribution in [1.29, 1.82) is 0 Å². The molecular weight excluding hydrogens is 318 g/mol. The van der Waals surface area contributed by atoms with Crippen molar-refractivity contribution in [3.8, 4) is 5.75 Å². The lowest BCUT2D eigenvalue weighted by atomic mass is 10.1. The van der Waals surface area contributed by atoms with E-state index in [-0.39, 0.29) is 11.9 Å². The lowest BCUT2D eigenvalue weighted by Gasteiger charge is -2.24. The minimum absolute atomic E-state index is 0.0672. The zero-order valence-electron chi connectivity index (χ0n) is 15.0. The number of ether oxygens (including phenoxy) is 1. The molecular formula is C18H25N5O2. The van der Waals surface area contributed by atoms with Crippen LogP contribution in [0.25, 0.3) is 0 Å². The maximum absolute atomic E-state index is 12.8. The summed E-state index contributed by atoms with van der Waals surface area (Å²) in [5.41, 5.74) is 1.43. The van der Waals surface area contributed by atoms with E-state index in [0.29, 0.717) is 11.7 Å². The minimum Gasteiger partial charge on any atom is -0.497 e. The molecule has 1 aliphatic rings. The van der Waals surface area contributed by atoms with Crippen molar-refractivity contribution in [2.24, 2.45) is 0 Å². The number of benzene rings is 1. The standard InChI is InChI=1S/C18H25N5O2/c1-13(14-4-6-16(25-3)7-5-14)22(2)18(24)17-12-23(21-20-17)15-8-10-19-11-9-15/h4-7,12-13,15,19H,8-11H2,1-3H3. The number of aromatic nitrogens is 3. The number of carbonyl (C=O) groups excluding carboxylic acids is 1. The van der Waals surface area contributed by atoms with Crippen LogP contribution in [0.3, 0.4) is 0 Å². The third kappa shape index (κ3) is 3.82. The van der Waals surface area contributed by atoms with E-state index < -0.39 is 0 Å². The predicted octanol–water partition coefficient (Wildman–Crippen LogP) is 2.04. The quantitative estimate of drug-likeness (QED) is 0.899. The van der Waals surface area contributed by atoms with Gasteiger partial charge in [-0.2, -0.15) is 0 Å². The highest BCUT2D eigenvalue weighted by molar-refractivity contribution is 5.92. The van der Waals surface area contributed by atoms with Crippen molar-refractivity contribution in [2.75, 3.05) is 27.2 Å². The molecule has 1 saturated heterocycles. The molecule has 0 aliphatic carbocycles. The first-order valence-corrected chi connectivity index (χ1v) is 8.64. The van der Waals surface area contributed by atoms with Gasteiger partial charge in [0.15, 0.2) is 5.69 Å². The van der Waals surface area contributed by atoms with E-state index in [1.54, 1.807) is 25.3 Å². The van der Waals surface area contributed by atoms with Crippen LogP contribution in [0.4, 0.5) is 0 Å². The smallest absolute Gasteiger partial charge is 0.276 e. The highest BCUT2D eigenvalue weighted by Crippen LogP contribution is 2.23. The van der Waals surface area contributed by atoms with Gasteiger partial charge >= 0.3 is 0 Å². The number of rotatable bonds is 5. The summed E-state index contributed by atoms with van der Waals surface area (Å²) in [4.78, 5) is 14.4. The Kier molecular flexibility index (Phi) is 5.33. The average Bonchev–Trinajstić information content (AvgIpc) is 3.17. The molecule has 2 heterocycles. The summed E-state index contributed by atoms with van der Waals surface area (Å²) in [7, 11) is 3.43. The second-order valence-electron chi connectivity index (χ2n) is 6.43. The zero-order chi connectivity index (χ0) is 17.8. The molecule has 1 unspecified atom stereocenters. The first-order chi connectivity index (χ1) is 12.1. The van der Waals surface area contributed by atoms with Crippen LogP contribution in [0, 0.1) is 0 Å². The number of hydrogen-bond donors (Lipinski definition) is 1. The van der Waals surface area contributed by atoms with Gasteiger partial charge in [0.2, 0.25) is 0 Å². The summed E-state index contributed by atoms with van der Waals surface area (Å²) >= 11 is 0. The molecule has 1 fully saturated rings. The third-order valence-electron chi connectivity index (χ3n) is 4.91. The molecule has 1 atom stereocenters. The fraction of sp³-hybridized carbons (Fsp3) is 0.500. The first-order valence-electron chi connectivity index (χ1n) is 8.64. The Bertz CT molecular complexity index is 707. The van der Waals surface area contributed by atoms with E-state index in [1.807, 2.05) is 35.9 Å². The van der Waals surface area contributed by atoms with E-state index in [4.69, 9.17) is 4.74 Å². The van der Waals surface area contributed by atoms with Gasteiger partial charge in [0.1, 0.15) is 5.75 Å². The number of carbonyl (C=O) groups is 1. The van der Waals surface area contributed by atoms with Gasteiger partial charge in [0, 0.05) is 7.05 Å². The molecule has 0 radical (unpaired) electrons. The molecule has 25 heavy (non-hydrogen) atoms. The van der Waals surface area contributed by atoms with Crippen LogP contribution in [0.1, 0.15) is 47.9 Å². The molecule has 0 spiro atoms. The van der Waals surface area contributed by atoms with Crippen molar-refractivity contribution >= 4 is 5.91 Å². The van der Waals surface area contributed by atoms with Crippen molar-refractivity contribution < 1.29 is 9.53 Å². The number of piperidine rings is 1. The Morgan fingerprint density at radius 1 is 1.32 bits per heavy atom. The van der Waals surface area contributed by atoms with E-state index in [9.17, 15) is 4.79 Å². The van der Waals surface area contributed by atoms with Crippen LogP contribution >= 0.6 is 0 Å². The lowest BCUT2D eigenvalue weighted by molar-refractivity contribution is 0.0736. The van der Waals surface area contributed by atoms with Gasteiger partial charge in [-0.3, -0.25) is 4.79 Å². The Morgan fingerprint density at radius 3 is 2.64 bits per heavy atom. The number of methoxy groups -OCH3 is 1. The molecule has 1 aromatic heterocycles. The topological polar surface area (TPSA) is 72.3 Å². The second kappa shape index (κ2) is 7.65. The van der Waals surface area contributed by atoms with Crippen LogP contribution in [0.2, 0.25) is 0 Å². The Morgan fingerprint density at radius 2 is 2.00 bits per heavy atom. The van der Waals surface area contributed by atoms with Crippen molar-refractivity contribution in [1.82, 2.24) is 25.2 Å². The first kappa shape index (κ1) is 17.4. The van der Waals surface area contributed by atoms with E-state index >= 15 is 0 Å². The largest absolute Gasteiger partial charge is 0.497 e. The molecule has 2 aromatic rings. The van der Waals surface area contributed by atoms with E-state index in [1.165, 1.54) is 0 Å². The van der Waals surface area contributed by atoms with Crippen LogP contribution < -0.4 is 10.1 Å². The molecule has 134 valence electrons. The summed E-state index contributed by atoms with van der Waals surface area (Å²) in [6.45, 7) is 3.95. The molecule has 0 bridgehead atoms. The molecule has 3 rings (SSSR count). The summed E-state index contributed by atoms with van der Waals surface area (Å²) in [5, 5.41) is 11.6. The summed E-state index contributed by atoms with van der Waals surface area (Å²) < 4.78 is 7.01. The normalized spacial score (nSPS) is 16.4. The van der Waals surface area contributed by atoms with Gasteiger partial charge in [0.05, 0.1) is 25.4 Å². The van der Waals surface area contributed by atoms with Crippen molar-refractivity contribution in [2.45, 2.75) is 31.8 Å². The monoisotopic (exact) mass is 343 g/mol. The third-order valence-corrected chi connectivity index (χ3v) is 4.91. The second-order valence-corrected chi connectivity index (χ2v) is 6.43. The van der Waals surface area contributed by atoms with Crippen LogP contribution in [-0.2, 0) is 0 Å². The van der Waals surface area contributed by atoms with Gasteiger partial charge in [-0.25, -0.2) is 4.68 Å². The molecule has 1 amide bonds. The summed E-state index contributed by atoms with van der Waals surface area (Å²) in [5.74, 6) is 0.679. The summed E-state index contributed by atoms with van der Waals surface area (Å²) in [6.07, 6.45) is 3.79. The van der Waals surface area contributed by atoms with E-state index in [0.717, 1.165) is 37.2 Å². The van der Waals surface area contributed by atoms with Crippen molar-refractivity contribution in [3.05, 3.63) is 41.7 Å². The van der Waals surface area contributed by atoms with Gasteiger partial charge in [0.25, 0.3) is 5.91 Å². The van der Waals surface area contributed by atoms with Gasteiger partial charge in [-0.1, -0.05) is 17.3 Å². The van der Waals surface area contributed by atoms with Crippen LogP contribution in [-0.4, -0.2) is 53.0 Å². The van der Waals surface area contributed by atoms with Crippen molar-refractivity contribution in [3.63, 3.8) is 0 Å². The fourth-order valence-corrected chi connectivity index (χ4v) is 3.09. The highest BCUT2D eigenvalue weighted by atomic mass is 16.5. The highest BCUT2D eigenvalue weighted by Gasteiger charge is 2.23. The Balaban J connectivity index is 1.69. The number of amides is 1. The fourth-order valence-electron chi connectivity index (χ4n) is 3.09. The number of nitrogens with one attached hydrogen (secondary N) is 1. The number of hydrogen-bond acceptors (Lipinski definition) is 5. The SMILES string of the molecule is COc1ccc(C(C)N(C)C(=O)c2cn(C3CCNCC3)nn2)cc1. The minimum atomic E-state index is -0.122. The van der Waals surface area contributed by atoms with Gasteiger partial charge in [-0.05, 0) is 50.6 Å². The molecule has 7 heteroatoms. The zero-order valence-corrected chi connectivity index (χ0v) is 15.0. The lowest BCUT2D eigenvalue weighted by Crippen LogP contribution is -2.30. The van der Waals surface area contributed by atoms with E-state index in [2.05, 4.69) is 15.6 Å². The molecule has 1 N–H and O–H groups in total. The predicted molar refractivity (Wildman–Crippen MR) is 94.7 cm³/mol. The molecule has 1 aliphatic heterocycles. The maximum Gasteiger partial charge on any atom is 0.276 e. The van der Waals surface area contributed by atoms with Crippen LogP contribution in [0.5, 0.6) is 5.75 Å². The molecule has 0 saturated carbocycles. The Hall–Kier alpha value is -2.41. The summed E-state index contributed by atoms with van der Waals surface area (Å²) in [6, 6.07) is 8.00. The molecule has 1 aromatic carbocycles. The number of nitrogens with zero attached hydrogens (tertiary/aromatic N) is 4. The Labute approximate surface area is 148 Å². The van der Waals surface area contributed by atoms with Crippen LogP contribution in [0.15, 0.2) is 30.5 Å². The average molecular weight is 343 g/mol. The van der Waals surface area contributed by atoms with Gasteiger partial charge in [-0.15, -0.1) is 5.10 Å². The maximum atomic E-state index is 12.8. The van der Waals surface area contributed by atoms with Gasteiger partial charge < -0.3 is 15.0 Å². The molecule has 7 nitrogen and oxygen atoms in total.